The van der Waals surface area contributed by atoms with Crippen molar-refractivity contribution < 1.29 is 31.3 Å². The summed E-state index contributed by atoms with van der Waals surface area (Å²) in [5.74, 6) is 0.624. The van der Waals surface area contributed by atoms with E-state index in [0.29, 0.717) is 22.2 Å². The van der Waals surface area contributed by atoms with Crippen LogP contribution >= 0.6 is 11.3 Å². The summed E-state index contributed by atoms with van der Waals surface area (Å²) in [5.41, 5.74) is 2.50. The highest BCUT2D eigenvalue weighted by Gasteiger charge is 2.16. The molecule has 1 heterocycles. The Balaban J connectivity index is 0.00000300. The minimum Gasteiger partial charge on any atom is -1.00 e. The van der Waals surface area contributed by atoms with Crippen molar-refractivity contribution in [2.45, 2.75) is 32.8 Å². The number of likely N-dealkylation sites (N-methyl/N-ethyl adjacent to an activating group) is 1. The molecule has 0 aliphatic rings. The van der Waals surface area contributed by atoms with Gasteiger partial charge in [-0.05, 0) is 48.2 Å². The van der Waals surface area contributed by atoms with E-state index in [0.717, 1.165) is 27.6 Å². The van der Waals surface area contributed by atoms with Crippen LogP contribution in [-0.2, 0) is 12.8 Å². The zero-order valence-electron chi connectivity index (χ0n) is 17.8. The number of benzene rings is 2. The Labute approximate surface area is 187 Å². The van der Waals surface area contributed by atoms with Crippen LogP contribution in [0.5, 0.6) is 5.75 Å². The van der Waals surface area contributed by atoms with Gasteiger partial charge in [-0.25, -0.2) is 0 Å². The fourth-order valence-electron chi connectivity index (χ4n) is 3.51. The molecule has 1 atom stereocenters. The molecular formula is C23H30BrNO3S. The van der Waals surface area contributed by atoms with E-state index in [2.05, 4.69) is 19.9 Å². The molecule has 0 radical (unpaired) electrons. The number of hydrogen-bond acceptors (Lipinski definition) is 4. The Hall–Kier alpha value is -1.47. The molecule has 3 rings (SSSR count). The summed E-state index contributed by atoms with van der Waals surface area (Å²) in [6, 6.07) is 9.91. The van der Waals surface area contributed by atoms with E-state index in [4.69, 9.17) is 4.74 Å². The van der Waals surface area contributed by atoms with Crippen LogP contribution in [0.4, 0.5) is 0 Å². The number of aliphatic hydroxyl groups excluding tert-OH is 1. The quantitative estimate of drug-likeness (QED) is 0.406. The second-order valence-corrected chi connectivity index (χ2v) is 9.42. The molecule has 4 nitrogen and oxygen atoms in total. The van der Waals surface area contributed by atoms with Crippen LogP contribution in [0.15, 0.2) is 35.1 Å². The summed E-state index contributed by atoms with van der Waals surface area (Å²) in [7, 11) is 6.10. The number of hydrogen-bond donors (Lipinski definition) is 1. The van der Waals surface area contributed by atoms with Gasteiger partial charge in [-0.1, -0.05) is 19.9 Å². The van der Waals surface area contributed by atoms with E-state index < -0.39 is 6.10 Å². The van der Waals surface area contributed by atoms with Crippen LogP contribution in [0.25, 0.3) is 20.2 Å². The highest BCUT2D eigenvalue weighted by Crippen LogP contribution is 2.31. The number of fused-ring (bicyclic) bond motifs is 2. The Bertz CT molecular complexity index is 1060. The van der Waals surface area contributed by atoms with Gasteiger partial charge >= 0.3 is 0 Å². The van der Waals surface area contributed by atoms with Gasteiger partial charge in [0.25, 0.3) is 0 Å². The van der Waals surface area contributed by atoms with Gasteiger partial charge < -0.3 is 31.3 Å². The van der Waals surface area contributed by atoms with Crippen LogP contribution in [0.2, 0.25) is 0 Å². The summed E-state index contributed by atoms with van der Waals surface area (Å²) in [5, 5.41) is 11.7. The molecule has 0 bridgehead atoms. The maximum atomic E-state index is 13.2. The number of nitrogens with zero attached hydrogens (tertiary/aromatic N) is 1. The predicted octanol–water partition coefficient (Wildman–Crippen LogP) is 0.989. The van der Waals surface area contributed by atoms with E-state index in [1.807, 2.05) is 45.4 Å². The topological polar surface area (TPSA) is 46.5 Å². The van der Waals surface area contributed by atoms with Gasteiger partial charge in [-0.2, -0.15) is 0 Å². The van der Waals surface area contributed by atoms with Crippen LogP contribution in [0.3, 0.4) is 0 Å². The van der Waals surface area contributed by atoms with E-state index >= 15 is 0 Å². The molecule has 2 aromatic carbocycles. The number of aryl methyl sites for hydroxylation is 2. The number of halogens is 1. The van der Waals surface area contributed by atoms with Crippen molar-refractivity contribution in [2.75, 3.05) is 34.3 Å². The van der Waals surface area contributed by atoms with Crippen LogP contribution in [0, 0.1) is 0 Å². The first-order valence-corrected chi connectivity index (χ1v) is 10.7. The van der Waals surface area contributed by atoms with Gasteiger partial charge in [-0.15, -0.1) is 11.3 Å². The molecule has 6 heteroatoms. The van der Waals surface area contributed by atoms with Crippen molar-refractivity contribution in [3.8, 4) is 5.75 Å². The molecule has 29 heavy (non-hydrogen) atoms. The van der Waals surface area contributed by atoms with Gasteiger partial charge in [0.15, 0.2) is 5.43 Å². The lowest BCUT2D eigenvalue weighted by Gasteiger charge is -2.26. The average molecular weight is 480 g/mol. The number of aliphatic hydroxyl groups is 1. The van der Waals surface area contributed by atoms with Gasteiger partial charge in [-0.3, -0.25) is 4.79 Å². The lowest BCUT2D eigenvalue weighted by atomic mass is 10.0. The van der Waals surface area contributed by atoms with Crippen LogP contribution in [-0.4, -0.2) is 50.0 Å². The zero-order valence-corrected chi connectivity index (χ0v) is 20.2. The van der Waals surface area contributed by atoms with Crippen molar-refractivity contribution >= 4 is 31.5 Å². The molecular weight excluding hydrogens is 450 g/mol. The van der Waals surface area contributed by atoms with Gasteiger partial charge in [0.2, 0.25) is 0 Å². The summed E-state index contributed by atoms with van der Waals surface area (Å²) in [6.07, 6.45) is 1.27. The molecule has 1 aromatic heterocycles. The number of quaternary nitrogens is 1. The van der Waals surface area contributed by atoms with Gasteiger partial charge in [0, 0.05) is 20.2 Å². The van der Waals surface area contributed by atoms with Gasteiger partial charge in [0.05, 0.1) is 21.1 Å². The first-order valence-electron chi connectivity index (χ1n) is 9.85. The summed E-state index contributed by atoms with van der Waals surface area (Å²) in [6.45, 7) is 5.07. The third kappa shape index (κ3) is 5.57. The molecule has 3 aromatic rings. The highest BCUT2D eigenvalue weighted by molar-refractivity contribution is 7.24. The summed E-state index contributed by atoms with van der Waals surface area (Å²) in [4.78, 5) is 13.2. The first-order chi connectivity index (χ1) is 13.2. The van der Waals surface area contributed by atoms with E-state index in [1.165, 1.54) is 11.1 Å². The SMILES string of the molecule is CCc1cc(CC)c2sc3ccc(OCC(O)C[N+](C)(C)C)cc3c(=O)c2c1.[Br-]. The first kappa shape index (κ1) is 23.8. The van der Waals surface area contributed by atoms with Crippen molar-refractivity contribution in [3.05, 3.63) is 51.7 Å². The van der Waals surface area contributed by atoms with E-state index in [-0.39, 0.29) is 29.0 Å². The highest BCUT2D eigenvalue weighted by atomic mass is 79.9. The molecule has 158 valence electrons. The lowest BCUT2D eigenvalue weighted by molar-refractivity contribution is -0.873. The largest absolute Gasteiger partial charge is 1.00 e. The second kappa shape index (κ2) is 9.56. The molecule has 0 spiro atoms. The molecule has 1 N–H and O–H groups in total. The minimum absolute atomic E-state index is 0. The Kier molecular flexibility index (Phi) is 7.85. The molecule has 0 aliphatic carbocycles. The van der Waals surface area contributed by atoms with Crippen molar-refractivity contribution in [2.24, 2.45) is 0 Å². The normalized spacial score (nSPS) is 12.8. The molecule has 1 unspecified atom stereocenters. The standard InChI is InChI=1S/C23H30NO3S.BrH/c1-6-15-10-16(7-2)23-20(11-15)22(26)19-12-18(8-9-21(19)28-23)27-14-17(25)13-24(3,4)5;/h8-12,17,25H,6-7,13-14H2,1-5H3;1H/q+1;/p-1. The minimum atomic E-state index is -0.555. The van der Waals surface area contributed by atoms with E-state index in [1.54, 1.807) is 11.3 Å². The van der Waals surface area contributed by atoms with E-state index in [9.17, 15) is 9.90 Å². The van der Waals surface area contributed by atoms with Gasteiger partial charge in [0.1, 0.15) is 25.0 Å². The second-order valence-electron chi connectivity index (χ2n) is 8.37. The fraction of sp³-hybridized carbons (Fsp3) is 0.435. The molecule has 0 saturated carbocycles. The molecule has 0 amide bonds. The molecule has 0 aliphatic heterocycles. The van der Waals surface area contributed by atoms with Crippen molar-refractivity contribution in [1.29, 1.82) is 0 Å². The molecule has 0 fully saturated rings. The summed E-state index contributed by atoms with van der Waals surface area (Å²) < 4.78 is 8.51. The monoisotopic (exact) mass is 479 g/mol. The number of ether oxygens (including phenoxy) is 1. The van der Waals surface area contributed by atoms with Crippen LogP contribution < -0.4 is 27.1 Å². The van der Waals surface area contributed by atoms with Crippen molar-refractivity contribution in [3.63, 3.8) is 0 Å². The Morgan fingerprint density at radius 1 is 1.07 bits per heavy atom. The Morgan fingerprint density at radius 3 is 2.41 bits per heavy atom. The predicted molar refractivity (Wildman–Crippen MR) is 119 cm³/mol. The summed E-state index contributed by atoms with van der Waals surface area (Å²) >= 11 is 1.67. The maximum absolute atomic E-state index is 13.2. The maximum Gasteiger partial charge on any atom is 0.196 e. The lowest BCUT2D eigenvalue weighted by Crippen LogP contribution is -3.00. The molecule has 0 saturated heterocycles. The fourth-order valence-corrected chi connectivity index (χ4v) is 4.72. The zero-order chi connectivity index (χ0) is 20.5. The van der Waals surface area contributed by atoms with Crippen LogP contribution in [0.1, 0.15) is 25.0 Å². The smallest absolute Gasteiger partial charge is 0.196 e. The van der Waals surface area contributed by atoms with Crippen molar-refractivity contribution in [1.82, 2.24) is 0 Å². The third-order valence-electron chi connectivity index (χ3n) is 4.87. The number of rotatable bonds is 7. The third-order valence-corrected chi connectivity index (χ3v) is 6.13. The average Bonchev–Trinajstić information content (AvgIpc) is 2.64. The Morgan fingerprint density at radius 2 is 1.79 bits per heavy atom.